The monoisotopic (exact) mass is 480 g/mol. The van der Waals surface area contributed by atoms with Crippen molar-refractivity contribution in [2.24, 2.45) is 11.7 Å². The van der Waals surface area contributed by atoms with Crippen molar-refractivity contribution in [1.82, 2.24) is 15.3 Å². The molecule has 1 aliphatic heterocycles. The molecule has 1 aliphatic carbocycles. The van der Waals surface area contributed by atoms with Crippen LogP contribution in [0, 0.1) is 19.8 Å². The van der Waals surface area contributed by atoms with Gasteiger partial charge in [0.05, 0.1) is 12.3 Å². The third-order valence-corrected chi connectivity index (χ3v) is 8.11. The van der Waals surface area contributed by atoms with Gasteiger partial charge in [-0.1, -0.05) is 6.07 Å². The molecule has 34 heavy (non-hydrogen) atoms. The molecule has 4 heterocycles. The first-order valence-corrected chi connectivity index (χ1v) is 12.6. The highest BCUT2D eigenvalue weighted by Gasteiger charge is 2.32. The number of amides is 1. The fourth-order valence-electron chi connectivity index (χ4n) is 5.26. The van der Waals surface area contributed by atoms with E-state index in [1.165, 1.54) is 16.9 Å². The maximum Gasteiger partial charge on any atom is 0.263 e. The van der Waals surface area contributed by atoms with Crippen molar-refractivity contribution < 1.29 is 9.53 Å². The molecule has 3 aromatic heterocycles. The highest BCUT2D eigenvalue weighted by Crippen LogP contribution is 2.35. The zero-order valence-corrected chi connectivity index (χ0v) is 20.7. The summed E-state index contributed by atoms with van der Waals surface area (Å²) in [6.07, 6.45) is 2.45. The lowest BCUT2D eigenvalue weighted by molar-refractivity contribution is 0.0938. The number of aryl methyl sites for hydroxylation is 3. The Morgan fingerprint density at radius 2 is 2.12 bits per heavy atom. The SMILES string of the molecule is COC[C@H]1CN(c2ccc3c(n2)CC[C@H](NC(=O)c2sc4nc(C)cc(C)c4c2N)C3)C[C@H]1N. The second-order valence-electron chi connectivity index (χ2n) is 9.58. The lowest BCUT2D eigenvalue weighted by Crippen LogP contribution is -2.39. The van der Waals surface area contributed by atoms with Crippen LogP contribution in [0.25, 0.3) is 10.2 Å². The quantitative estimate of drug-likeness (QED) is 0.513. The summed E-state index contributed by atoms with van der Waals surface area (Å²) in [5, 5.41) is 4.09. The number of carbonyl (C=O) groups excluding carboxylic acids is 1. The van der Waals surface area contributed by atoms with Crippen molar-refractivity contribution in [3.63, 3.8) is 0 Å². The van der Waals surface area contributed by atoms with Gasteiger partial charge in [-0.25, -0.2) is 9.97 Å². The van der Waals surface area contributed by atoms with Crippen LogP contribution in [0.4, 0.5) is 11.5 Å². The first-order valence-electron chi connectivity index (χ1n) is 11.8. The predicted octanol–water partition coefficient (Wildman–Crippen LogP) is 2.59. The molecule has 1 saturated heterocycles. The van der Waals surface area contributed by atoms with Crippen molar-refractivity contribution in [3.8, 4) is 0 Å². The summed E-state index contributed by atoms with van der Waals surface area (Å²) in [6.45, 7) is 6.29. The van der Waals surface area contributed by atoms with E-state index in [-0.39, 0.29) is 18.0 Å². The van der Waals surface area contributed by atoms with E-state index in [1.54, 1.807) is 7.11 Å². The van der Waals surface area contributed by atoms with Crippen LogP contribution in [0.2, 0.25) is 0 Å². The summed E-state index contributed by atoms with van der Waals surface area (Å²) >= 11 is 1.37. The van der Waals surface area contributed by atoms with E-state index in [0.717, 1.165) is 65.3 Å². The Bertz CT molecular complexity index is 1240. The lowest BCUT2D eigenvalue weighted by atomic mass is 9.91. The van der Waals surface area contributed by atoms with Gasteiger partial charge in [-0.05, 0) is 56.4 Å². The molecule has 0 radical (unpaired) electrons. The van der Waals surface area contributed by atoms with Gasteiger partial charge in [0.2, 0.25) is 0 Å². The molecule has 8 nitrogen and oxygen atoms in total. The summed E-state index contributed by atoms with van der Waals surface area (Å²) in [7, 11) is 1.72. The number of aromatic nitrogens is 2. The Morgan fingerprint density at radius 3 is 2.91 bits per heavy atom. The number of hydrogen-bond acceptors (Lipinski definition) is 8. The zero-order chi connectivity index (χ0) is 24.0. The fourth-order valence-corrected chi connectivity index (χ4v) is 6.38. The van der Waals surface area contributed by atoms with Crippen molar-refractivity contribution in [2.75, 3.05) is 37.4 Å². The van der Waals surface area contributed by atoms with Crippen LogP contribution in [0.1, 0.15) is 38.6 Å². The Kier molecular flexibility index (Phi) is 6.18. The number of hydrogen-bond donors (Lipinski definition) is 3. The molecular weight excluding hydrogens is 448 g/mol. The number of pyridine rings is 2. The number of carbonyl (C=O) groups is 1. The van der Waals surface area contributed by atoms with Gasteiger partial charge in [-0.2, -0.15) is 0 Å². The van der Waals surface area contributed by atoms with Gasteiger partial charge < -0.3 is 26.4 Å². The Hall–Kier alpha value is -2.75. The van der Waals surface area contributed by atoms with Crippen LogP contribution in [0.3, 0.4) is 0 Å². The molecule has 180 valence electrons. The van der Waals surface area contributed by atoms with Crippen LogP contribution in [-0.4, -0.2) is 54.8 Å². The largest absolute Gasteiger partial charge is 0.397 e. The molecule has 1 fully saturated rings. The van der Waals surface area contributed by atoms with Crippen LogP contribution in [0.15, 0.2) is 18.2 Å². The minimum Gasteiger partial charge on any atom is -0.397 e. The number of fused-ring (bicyclic) bond motifs is 2. The molecule has 3 aromatic rings. The molecule has 3 atom stereocenters. The van der Waals surface area contributed by atoms with E-state index in [1.807, 2.05) is 19.9 Å². The molecule has 2 aliphatic rings. The van der Waals surface area contributed by atoms with E-state index >= 15 is 0 Å². The van der Waals surface area contributed by atoms with Crippen molar-refractivity contribution in [2.45, 2.75) is 45.2 Å². The molecule has 1 amide bonds. The van der Waals surface area contributed by atoms with Gasteiger partial charge in [0, 0.05) is 55.0 Å². The predicted molar refractivity (Wildman–Crippen MR) is 137 cm³/mol. The fraction of sp³-hybridized carbons (Fsp3) is 0.480. The molecule has 5 N–H and O–H groups in total. The highest BCUT2D eigenvalue weighted by atomic mass is 32.1. The van der Waals surface area contributed by atoms with Crippen molar-refractivity contribution in [3.05, 3.63) is 45.6 Å². The van der Waals surface area contributed by atoms with E-state index in [2.05, 4.69) is 27.3 Å². The van der Waals surface area contributed by atoms with Gasteiger partial charge >= 0.3 is 0 Å². The van der Waals surface area contributed by atoms with Gasteiger partial charge in [0.25, 0.3) is 5.91 Å². The van der Waals surface area contributed by atoms with Crippen LogP contribution >= 0.6 is 11.3 Å². The normalized spacial score (nSPS) is 22.2. The van der Waals surface area contributed by atoms with E-state index in [0.29, 0.717) is 23.1 Å². The molecule has 0 bridgehead atoms. The number of thiophene rings is 1. The second-order valence-corrected chi connectivity index (χ2v) is 10.6. The average molecular weight is 481 g/mol. The minimum absolute atomic E-state index is 0.0550. The number of nitrogens with zero attached hydrogens (tertiary/aromatic N) is 3. The number of anilines is 2. The molecule has 0 saturated carbocycles. The standard InChI is InChI=1S/C25H32N6O2S/c1-13-8-14(2)28-25-21(13)22(27)23(34-25)24(32)29-17-5-6-19-15(9-17)4-7-20(30-19)31-10-16(12-33-3)18(26)11-31/h4,7-8,16-18H,5-6,9-12,26-27H2,1-3H3,(H,29,32)/t16-,17+,18-/m1/s1. The second kappa shape index (κ2) is 9.13. The summed E-state index contributed by atoms with van der Waals surface area (Å²) in [4.78, 5) is 26.2. The van der Waals surface area contributed by atoms with Crippen LogP contribution in [0.5, 0.6) is 0 Å². The summed E-state index contributed by atoms with van der Waals surface area (Å²) in [5.74, 6) is 1.18. The molecule has 5 rings (SSSR count). The van der Waals surface area contributed by atoms with Gasteiger partial charge in [0.1, 0.15) is 15.5 Å². The van der Waals surface area contributed by atoms with Crippen molar-refractivity contribution >= 4 is 39.0 Å². The van der Waals surface area contributed by atoms with Gasteiger partial charge in [0.15, 0.2) is 0 Å². The molecule has 0 aromatic carbocycles. The maximum atomic E-state index is 13.1. The number of nitrogen functional groups attached to an aromatic ring is 1. The number of nitrogens with two attached hydrogens (primary N) is 2. The third-order valence-electron chi connectivity index (χ3n) is 7.01. The summed E-state index contributed by atoms with van der Waals surface area (Å²) in [5.41, 5.74) is 17.5. The zero-order valence-electron chi connectivity index (χ0n) is 19.9. The summed E-state index contributed by atoms with van der Waals surface area (Å²) < 4.78 is 5.31. The van der Waals surface area contributed by atoms with Gasteiger partial charge in [-0.15, -0.1) is 11.3 Å². The molecular formula is C25H32N6O2S. The lowest BCUT2D eigenvalue weighted by Gasteiger charge is -2.26. The number of ether oxygens (including phenoxy) is 1. The average Bonchev–Trinajstić information content (AvgIpc) is 3.33. The molecule has 9 heteroatoms. The summed E-state index contributed by atoms with van der Waals surface area (Å²) in [6, 6.07) is 6.38. The molecule has 0 spiro atoms. The Morgan fingerprint density at radius 1 is 1.29 bits per heavy atom. The Labute approximate surface area is 203 Å². The number of nitrogens with one attached hydrogen (secondary N) is 1. The maximum absolute atomic E-state index is 13.1. The minimum atomic E-state index is -0.120. The van der Waals surface area contributed by atoms with Crippen molar-refractivity contribution in [1.29, 1.82) is 0 Å². The van der Waals surface area contributed by atoms with Crippen LogP contribution in [-0.2, 0) is 17.6 Å². The number of methoxy groups -OCH3 is 1. The van der Waals surface area contributed by atoms with E-state index in [9.17, 15) is 4.79 Å². The number of rotatable bonds is 5. The van der Waals surface area contributed by atoms with Crippen LogP contribution < -0.4 is 21.7 Å². The van der Waals surface area contributed by atoms with E-state index in [4.69, 9.17) is 21.2 Å². The smallest absolute Gasteiger partial charge is 0.263 e. The Balaban J connectivity index is 1.28. The highest BCUT2D eigenvalue weighted by molar-refractivity contribution is 7.21. The third kappa shape index (κ3) is 4.23. The van der Waals surface area contributed by atoms with Gasteiger partial charge in [-0.3, -0.25) is 4.79 Å². The topological polar surface area (TPSA) is 119 Å². The first kappa shape index (κ1) is 23.0. The van der Waals surface area contributed by atoms with E-state index < -0.39 is 0 Å². The molecule has 0 unspecified atom stereocenters. The first-order chi connectivity index (χ1) is 16.3.